The molecule has 2 aliphatic heterocycles. The van der Waals surface area contributed by atoms with Gasteiger partial charge in [-0.25, -0.2) is 9.37 Å². The van der Waals surface area contributed by atoms with Gasteiger partial charge in [0.25, 0.3) is 5.91 Å². The first-order valence-corrected chi connectivity index (χ1v) is 12.7. The molecule has 0 bridgehead atoms. The van der Waals surface area contributed by atoms with Gasteiger partial charge in [-0.05, 0) is 44.2 Å². The van der Waals surface area contributed by atoms with Crippen LogP contribution in [0, 0.1) is 5.82 Å². The Kier molecular flexibility index (Phi) is 5.52. The average molecular weight is 507 g/mol. The highest BCUT2D eigenvalue weighted by Gasteiger charge is 2.43. The molecule has 6 rings (SSSR count). The molecule has 9 heteroatoms. The van der Waals surface area contributed by atoms with Gasteiger partial charge in [0, 0.05) is 65.9 Å². The van der Waals surface area contributed by atoms with Crippen molar-refractivity contribution in [1.82, 2.24) is 19.7 Å². The summed E-state index contributed by atoms with van der Waals surface area (Å²) in [6.45, 7) is 1.27. The predicted octanol–water partition coefficient (Wildman–Crippen LogP) is 5.24. The number of nitrogens with zero attached hydrogens (tertiary/aromatic N) is 4. The minimum Gasteiger partial charge on any atom is -0.398 e. The van der Waals surface area contributed by atoms with E-state index in [1.165, 1.54) is 0 Å². The SMILES string of the molecule is Cn1cc(C2CCCCN2C(=O)c2c(N)ccc(-c3cnc4c(c3Cl)C3(CC=CC3)CN4)c2F)cn1. The lowest BCUT2D eigenvalue weighted by molar-refractivity contribution is 0.0608. The van der Waals surface area contributed by atoms with Gasteiger partial charge in [-0.3, -0.25) is 9.48 Å². The van der Waals surface area contributed by atoms with Crippen molar-refractivity contribution in [2.24, 2.45) is 7.05 Å². The molecule has 3 aromatic rings. The largest absolute Gasteiger partial charge is 0.398 e. The molecule has 1 atom stereocenters. The molecular formula is C27H28ClFN6O. The number of aromatic nitrogens is 3. The Morgan fingerprint density at radius 1 is 1.22 bits per heavy atom. The van der Waals surface area contributed by atoms with E-state index in [9.17, 15) is 4.79 Å². The van der Waals surface area contributed by atoms with Crippen LogP contribution in [-0.4, -0.2) is 38.7 Å². The van der Waals surface area contributed by atoms with Gasteiger partial charge in [0.15, 0.2) is 0 Å². The van der Waals surface area contributed by atoms with Crippen LogP contribution in [0.3, 0.4) is 0 Å². The molecule has 1 unspecified atom stereocenters. The Hall–Kier alpha value is -3.39. The van der Waals surface area contributed by atoms with Crippen molar-refractivity contribution < 1.29 is 9.18 Å². The number of nitrogen functional groups attached to an aromatic ring is 1. The number of hydrogen-bond donors (Lipinski definition) is 2. The quantitative estimate of drug-likeness (QED) is 0.374. The highest BCUT2D eigenvalue weighted by molar-refractivity contribution is 6.34. The molecule has 1 saturated heterocycles. The van der Waals surface area contributed by atoms with Crippen molar-refractivity contribution in [1.29, 1.82) is 0 Å². The van der Waals surface area contributed by atoms with Crippen molar-refractivity contribution >= 4 is 29.0 Å². The number of likely N-dealkylation sites (tertiary alicyclic amines) is 1. The van der Waals surface area contributed by atoms with Crippen molar-refractivity contribution in [3.63, 3.8) is 0 Å². The third-order valence-electron chi connectivity index (χ3n) is 7.88. The smallest absolute Gasteiger partial charge is 0.259 e. The number of carbonyl (C=O) groups excluding carboxylic acids is 1. The summed E-state index contributed by atoms with van der Waals surface area (Å²) in [4.78, 5) is 20.1. The molecule has 7 nitrogen and oxygen atoms in total. The first-order valence-electron chi connectivity index (χ1n) is 12.4. The number of rotatable bonds is 3. The molecule has 2 aromatic heterocycles. The molecule has 0 radical (unpaired) electrons. The fourth-order valence-corrected chi connectivity index (χ4v) is 6.42. The number of amides is 1. The Labute approximate surface area is 214 Å². The van der Waals surface area contributed by atoms with Gasteiger partial charge in [-0.1, -0.05) is 23.8 Å². The fourth-order valence-electron chi connectivity index (χ4n) is 5.98. The standard InChI is InChI=1S/C27H28ClFN6O/c1-34-14-16(12-33-34)20-6-2-5-11-35(20)26(36)21-19(30)8-7-17(24(21)29)18-13-31-25-22(23(18)28)27(15-32-25)9-3-4-10-27/h3-4,7-8,12-14,20H,2,5-6,9-11,15,30H2,1H3,(H,31,32). The van der Waals surface area contributed by atoms with Crippen LogP contribution in [-0.2, 0) is 12.5 Å². The second-order valence-corrected chi connectivity index (χ2v) is 10.4. The number of piperidine rings is 1. The normalized spacial score (nSPS) is 20.1. The maximum absolute atomic E-state index is 16.2. The summed E-state index contributed by atoms with van der Waals surface area (Å²) in [5.74, 6) is -0.334. The van der Waals surface area contributed by atoms with Crippen LogP contribution in [0.15, 0.2) is 42.9 Å². The summed E-state index contributed by atoms with van der Waals surface area (Å²) < 4.78 is 17.9. The second kappa shape index (κ2) is 8.62. The molecule has 1 spiro atoms. The third-order valence-corrected chi connectivity index (χ3v) is 8.27. The number of nitrogens with two attached hydrogens (primary N) is 1. The molecule has 1 amide bonds. The highest BCUT2D eigenvalue weighted by Crippen LogP contribution is 2.50. The lowest BCUT2D eigenvalue weighted by Gasteiger charge is -2.35. The van der Waals surface area contributed by atoms with Gasteiger partial charge in [0.05, 0.1) is 22.8 Å². The zero-order valence-electron chi connectivity index (χ0n) is 20.1. The molecule has 1 aliphatic carbocycles. The molecule has 36 heavy (non-hydrogen) atoms. The van der Waals surface area contributed by atoms with Crippen LogP contribution >= 0.6 is 11.6 Å². The molecule has 1 aromatic carbocycles. The van der Waals surface area contributed by atoms with E-state index in [0.717, 1.165) is 55.6 Å². The van der Waals surface area contributed by atoms with Crippen LogP contribution in [0.2, 0.25) is 5.02 Å². The highest BCUT2D eigenvalue weighted by atomic mass is 35.5. The molecule has 0 saturated carbocycles. The molecule has 3 aliphatic rings. The van der Waals surface area contributed by atoms with Crippen molar-refractivity contribution in [2.75, 3.05) is 24.1 Å². The van der Waals surface area contributed by atoms with E-state index >= 15 is 4.39 Å². The fraction of sp³-hybridized carbons (Fsp3) is 0.370. The summed E-state index contributed by atoms with van der Waals surface area (Å²) in [5, 5.41) is 8.09. The first kappa shape index (κ1) is 23.0. The summed E-state index contributed by atoms with van der Waals surface area (Å²) in [7, 11) is 1.84. The zero-order valence-corrected chi connectivity index (χ0v) is 20.9. The number of anilines is 2. The minimum absolute atomic E-state index is 0.111. The van der Waals surface area contributed by atoms with E-state index < -0.39 is 11.7 Å². The summed E-state index contributed by atoms with van der Waals surface area (Å²) >= 11 is 6.95. The van der Waals surface area contributed by atoms with E-state index in [1.54, 1.807) is 34.1 Å². The summed E-state index contributed by atoms with van der Waals surface area (Å²) in [6.07, 6.45) is 13.9. The monoisotopic (exact) mass is 506 g/mol. The number of pyridine rings is 1. The summed E-state index contributed by atoms with van der Waals surface area (Å²) in [6, 6.07) is 3.00. The number of fused-ring (bicyclic) bond motifs is 2. The minimum atomic E-state index is -0.663. The lowest BCUT2D eigenvalue weighted by Crippen LogP contribution is -2.39. The van der Waals surface area contributed by atoms with Gasteiger partial charge >= 0.3 is 0 Å². The summed E-state index contributed by atoms with van der Waals surface area (Å²) in [5.41, 5.74) is 8.61. The van der Waals surface area contributed by atoms with Gasteiger partial charge in [0.1, 0.15) is 11.6 Å². The Balaban J connectivity index is 1.41. The molecule has 1 fully saturated rings. The van der Waals surface area contributed by atoms with E-state index in [2.05, 4.69) is 27.6 Å². The van der Waals surface area contributed by atoms with E-state index in [4.69, 9.17) is 17.3 Å². The first-order chi connectivity index (χ1) is 17.4. The number of halogens is 2. The number of carbonyl (C=O) groups is 1. The molecule has 186 valence electrons. The maximum Gasteiger partial charge on any atom is 0.259 e. The van der Waals surface area contributed by atoms with Crippen molar-refractivity contribution in [3.05, 3.63) is 70.4 Å². The number of hydrogen-bond acceptors (Lipinski definition) is 5. The molecule has 4 heterocycles. The Morgan fingerprint density at radius 3 is 2.78 bits per heavy atom. The van der Waals surface area contributed by atoms with Crippen molar-refractivity contribution in [3.8, 4) is 11.1 Å². The van der Waals surface area contributed by atoms with Crippen LogP contribution in [0.4, 0.5) is 15.9 Å². The van der Waals surface area contributed by atoms with E-state index in [0.29, 0.717) is 17.1 Å². The van der Waals surface area contributed by atoms with Crippen LogP contribution in [0.25, 0.3) is 11.1 Å². The number of benzene rings is 1. The maximum atomic E-state index is 16.2. The lowest BCUT2D eigenvalue weighted by atomic mass is 9.80. The molecule has 3 N–H and O–H groups in total. The van der Waals surface area contributed by atoms with E-state index in [-0.39, 0.29) is 28.3 Å². The van der Waals surface area contributed by atoms with Crippen molar-refractivity contribution in [2.45, 2.75) is 43.6 Å². The third kappa shape index (κ3) is 3.50. The molecular weight excluding hydrogens is 479 g/mol. The number of allylic oxidation sites excluding steroid dienone is 2. The topological polar surface area (TPSA) is 89.1 Å². The van der Waals surface area contributed by atoms with Crippen LogP contribution in [0.5, 0.6) is 0 Å². The van der Waals surface area contributed by atoms with Crippen LogP contribution in [0.1, 0.15) is 59.6 Å². The van der Waals surface area contributed by atoms with Gasteiger partial charge in [0.2, 0.25) is 0 Å². The Bertz CT molecular complexity index is 1390. The van der Waals surface area contributed by atoms with E-state index in [1.807, 2.05) is 13.2 Å². The number of aryl methyl sites for hydroxylation is 1. The van der Waals surface area contributed by atoms with Crippen LogP contribution < -0.4 is 11.1 Å². The predicted molar refractivity (Wildman–Crippen MR) is 138 cm³/mol. The zero-order chi connectivity index (χ0) is 25.0. The van der Waals surface area contributed by atoms with Gasteiger partial charge in [-0.15, -0.1) is 0 Å². The average Bonchev–Trinajstić information content (AvgIpc) is 3.61. The Morgan fingerprint density at radius 2 is 2.03 bits per heavy atom. The van der Waals surface area contributed by atoms with Gasteiger partial charge in [-0.2, -0.15) is 5.10 Å². The number of nitrogens with one attached hydrogen (secondary N) is 1. The van der Waals surface area contributed by atoms with Gasteiger partial charge < -0.3 is 16.0 Å². The second-order valence-electron chi connectivity index (χ2n) is 10.1.